The largest absolute Gasteiger partial charge is 0.342 e. The van der Waals surface area contributed by atoms with Gasteiger partial charge >= 0.3 is 0 Å². The van der Waals surface area contributed by atoms with Crippen LogP contribution in [0.2, 0.25) is 0 Å². The molecule has 1 aromatic heterocycles. The van der Waals surface area contributed by atoms with E-state index in [0.29, 0.717) is 29.7 Å². The molecule has 1 atom stereocenters. The number of anilines is 4. The van der Waals surface area contributed by atoms with Crippen LogP contribution < -0.4 is 25.2 Å². The molecule has 5 rings (SSSR count). The highest BCUT2D eigenvalue weighted by Gasteiger charge is 2.40. The van der Waals surface area contributed by atoms with Crippen LogP contribution in [0, 0.1) is 17.6 Å². The minimum Gasteiger partial charge on any atom is -0.342 e. The number of rotatable bonds is 7. The number of fused-ring (bicyclic) bond motifs is 1. The van der Waals surface area contributed by atoms with Gasteiger partial charge in [0.1, 0.15) is 23.4 Å². The number of nitrogens with one attached hydrogen (secondary N) is 3. The van der Waals surface area contributed by atoms with Gasteiger partial charge in [-0.05, 0) is 68.2 Å². The average molecular weight is 558 g/mol. The molecule has 3 heterocycles. The zero-order valence-corrected chi connectivity index (χ0v) is 22.3. The molecule has 0 aliphatic carbocycles. The molecule has 2 aliphatic rings. The van der Waals surface area contributed by atoms with Crippen LogP contribution in [0.4, 0.5) is 31.9 Å². The van der Waals surface area contributed by atoms with Gasteiger partial charge < -0.3 is 20.4 Å². The molecule has 0 spiro atoms. The lowest BCUT2D eigenvalue weighted by molar-refractivity contribution is -0.120. The van der Waals surface area contributed by atoms with Crippen LogP contribution >= 0.6 is 0 Å². The van der Waals surface area contributed by atoms with Crippen molar-refractivity contribution in [2.45, 2.75) is 23.8 Å². The number of hydrogen-bond donors (Lipinski definition) is 3. The number of benzene rings is 2. The number of aromatic nitrogens is 2. The number of carbonyl (C=O) groups excluding carboxylic acids is 1. The number of sulfonamides is 1. The van der Waals surface area contributed by atoms with Gasteiger partial charge in [0.05, 0.1) is 16.7 Å². The fraction of sp³-hybridized carbons (Fsp3) is 0.346. The van der Waals surface area contributed by atoms with Gasteiger partial charge in [0.25, 0.3) is 5.91 Å². The Hall–Kier alpha value is -3.68. The summed E-state index contributed by atoms with van der Waals surface area (Å²) in [5, 5.41) is 6.28. The maximum atomic E-state index is 14.6. The summed E-state index contributed by atoms with van der Waals surface area (Å²) < 4.78 is 57.3. The smallest absolute Gasteiger partial charge is 0.254 e. The second-order valence-electron chi connectivity index (χ2n) is 9.64. The van der Waals surface area contributed by atoms with Crippen molar-refractivity contribution in [3.05, 3.63) is 65.9 Å². The molecule has 1 amide bonds. The molecule has 1 unspecified atom stereocenters. The van der Waals surface area contributed by atoms with E-state index in [0.717, 1.165) is 38.1 Å². The Bertz CT molecular complexity index is 1460. The summed E-state index contributed by atoms with van der Waals surface area (Å²) in [6.45, 7) is 2.18. The minimum absolute atomic E-state index is 0.142. The number of nitrogens with zero attached hydrogens (tertiary/aromatic N) is 4. The Balaban J connectivity index is 1.34. The predicted octanol–water partition coefficient (Wildman–Crippen LogP) is 2.93. The van der Waals surface area contributed by atoms with Crippen LogP contribution in [-0.2, 0) is 14.8 Å². The van der Waals surface area contributed by atoms with Crippen LogP contribution in [0.5, 0.6) is 0 Å². The molecule has 13 heteroatoms. The minimum atomic E-state index is -3.65. The molecule has 1 saturated heterocycles. The Kier molecular flexibility index (Phi) is 7.47. The quantitative estimate of drug-likeness (QED) is 0.406. The Morgan fingerprint density at radius 2 is 1.72 bits per heavy atom. The van der Waals surface area contributed by atoms with Crippen LogP contribution in [0.3, 0.4) is 0 Å². The molecule has 2 aromatic carbocycles. The summed E-state index contributed by atoms with van der Waals surface area (Å²) in [6, 6.07) is 8.36. The summed E-state index contributed by atoms with van der Waals surface area (Å²) >= 11 is 0. The molecule has 206 valence electrons. The molecule has 2 aliphatic heterocycles. The highest BCUT2D eigenvalue weighted by Crippen LogP contribution is 2.40. The third-order valence-corrected chi connectivity index (χ3v) is 8.55. The van der Waals surface area contributed by atoms with Gasteiger partial charge in [-0.3, -0.25) is 4.79 Å². The molecule has 3 N–H and O–H groups in total. The van der Waals surface area contributed by atoms with E-state index in [9.17, 15) is 22.0 Å². The second-order valence-corrected chi connectivity index (χ2v) is 11.4. The van der Waals surface area contributed by atoms with Gasteiger partial charge in [0, 0.05) is 26.3 Å². The Morgan fingerprint density at radius 3 is 2.38 bits per heavy atom. The lowest BCUT2D eigenvalue weighted by Gasteiger charge is -2.38. The van der Waals surface area contributed by atoms with Crippen LogP contribution in [0.25, 0.3) is 0 Å². The molecule has 39 heavy (non-hydrogen) atoms. The van der Waals surface area contributed by atoms with Crippen LogP contribution in [-0.4, -0.2) is 58.0 Å². The summed E-state index contributed by atoms with van der Waals surface area (Å²) in [4.78, 5) is 24.6. The number of amides is 1. The van der Waals surface area contributed by atoms with Crippen molar-refractivity contribution in [1.29, 1.82) is 0 Å². The highest BCUT2D eigenvalue weighted by molar-refractivity contribution is 7.89. The molecule has 1 fully saturated rings. The third-order valence-electron chi connectivity index (χ3n) is 7.11. The summed E-state index contributed by atoms with van der Waals surface area (Å²) in [6.07, 6.45) is 3.30. The monoisotopic (exact) mass is 557 g/mol. The number of likely N-dealkylation sites (N-methyl/N-ethyl adjacent to an activating group) is 2. The van der Waals surface area contributed by atoms with E-state index >= 15 is 0 Å². The molecule has 0 radical (unpaired) electrons. The number of halogens is 2. The predicted molar refractivity (Wildman–Crippen MR) is 143 cm³/mol. The molecule has 3 aromatic rings. The number of carbonyl (C=O) groups is 1. The third kappa shape index (κ3) is 5.42. The van der Waals surface area contributed by atoms with Crippen molar-refractivity contribution < 1.29 is 22.0 Å². The first kappa shape index (κ1) is 26.9. The van der Waals surface area contributed by atoms with E-state index in [1.807, 2.05) is 0 Å². The van der Waals surface area contributed by atoms with E-state index in [1.54, 1.807) is 12.1 Å². The van der Waals surface area contributed by atoms with Crippen molar-refractivity contribution in [3.63, 3.8) is 0 Å². The van der Waals surface area contributed by atoms with Gasteiger partial charge in [-0.25, -0.2) is 26.9 Å². The first-order chi connectivity index (χ1) is 18.7. The van der Waals surface area contributed by atoms with Gasteiger partial charge in [0.15, 0.2) is 5.82 Å². The van der Waals surface area contributed by atoms with Crippen molar-refractivity contribution >= 4 is 39.1 Å². The second kappa shape index (κ2) is 10.8. The lowest BCUT2D eigenvalue weighted by Crippen LogP contribution is -2.46. The van der Waals surface area contributed by atoms with Crippen molar-refractivity contribution in [1.82, 2.24) is 20.0 Å². The number of piperidine rings is 1. The van der Waals surface area contributed by atoms with Crippen molar-refractivity contribution in [3.8, 4) is 0 Å². The zero-order chi connectivity index (χ0) is 27.7. The molecular weight excluding hydrogens is 528 g/mol. The molecule has 10 nitrogen and oxygen atoms in total. The van der Waals surface area contributed by atoms with Gasteiger partial charge in [0.2, 0.25) is 16.0 Å². The lowest BCUT2D eigenvalue weighted by atomic mass is 9.99. The fourth-order valence-electron chi connectivity index (χ4n) is 4.85. The highest BCUT2D eigenvalue weighted by atomic mass is 32.2. The first-order valence-electron chi connectivity index (χ1n) is 12.5. The SMILES string of the molecule is CN1C(=O)C(c2c(F)cccc2F)N(C)c2nc(Nc3ccc(S(=O)(=O)NCC4CCNCC4)cc3)ncc21. The van der Waals surface area contributed by atoms with Crippen molar-refractivity contribution in [2.24, 2.45) is 5.92 Å². The Labute approximate surface area is 225 Å². The van der Waals surface area contributed by atoms with Crippen LogP contribution in [0.15, 0.2) is 53.6 Å². The summed E-state index contributed by atoms with van der Waals surface area (Å²) in [5.41, 5.74) is 0.551. The summed E-state index contributed by atoms with van der Waals surface area (Å²) in [5.74, 6) is -1.41. The normalized spacial score (nSPS) is 18.3. The maximum Gasteiger partial charge on any atom is 0.254 e. The Morgan fingerprint density at radius 1 is 1.05 bits per heavy atom. The molecular formula is C26H29F2N7O3S. The fourth-order valence-corrected chi connectivity index (χ4v) is 5.96. The van der Waals surface area contributed by atoms with E-state index < -0.39 is 33.6 Å². The van der Waals surface area contributed by atoms with E-state index in [-0.39, 0.29) is 16.4 Å². The summed E-state index contributed by atoms with van der Waals surface area (Å²) in [7, 11) is -0.624. The zero-order valence-electron chi connectivity index (χ0n) is 21.5. The van der Waals surface area contributed by atoms with E-state index in [4.69, 9.17) is 0 Å². The van der Waals surface area contributed by atoms with Crippen molar-refractivity contribution in [2.75, 3.05) is 48.8 Å². The van der Waals surface area contributed by atoms with E-state index in [1.165, 1.54) is 48.3 Å². The standard InChI is InChI=1S/C26H29F2N7O3S/c1-34-21-15-30-26(33-24(21)35(2)23(25(34)36)22-19(27)4-3-5-20(22)28)32-17-6-8-18(9-7-17)39(37,38)31-14-16-10-12-29-13-11-16/h3-9,15-16,23,29,31H,10-14H2,1-2H3,(H,30,32,33). The maximum absolute atomic E-state index is 14.6. The van der Waals surface area contributed by atoms with Crippen LogP contribution in [0.1, 0.15) is 24.4 Å². The van der Waals surface area contributed by atoms with Gasteiger partial charge in [-0.15, -0.1) is 0 Å². The molecule has 0 bridgehead atoms. The van der Waals surface area contributed by atoms with Gasteiger partial charge in [-0.2, -0.15) is 4.98 Å². The average Bonchev–Trinajstić information content (AvgIpc) is 2.93. The number of hydrogen-bond acceptors (Lipinski definition) is 8. The molecule has 0 saturated carbocycles. The topological polar surface area (TPSA) is 120 Å². The van der Waals surface area contributed by atoms with E-state index in [2.05, 4.69) is 25.3 Å². The van der Waals surface area contributed by atoms with Gasteiger partial charge in [-0.1, -0.05) is 6.07 Å². The first-order valence-corrected chi connectivity index (χ1v) is 14.0.